The molecule has 134 valence electrons. The molecule has 22 heavy (non-hydrogen) atoms. The molecule has 0 spiro atoms. The van der Waals surface area contributed by atoms with Gasteiger partial charge in [-0.1, -0.05) is 19.8 Å². The Bertz CT molecular complexity index is 301. The van der Waals surface area contributed by atoms with Crippen LogP contribution >= 0.6 is 0 Å². The van der Waals surface area contributed by atoms with E-state index in [1.54, 1.807) is 0 Å². The maximum atomic E-state index is 6.59. The Morgan fingerprint density at radius 2 is 1.32 bits per heavy atom. The molecule has 0 aliphatic carbocycles. The average Bonchev–Trinajstić information content (AvgIpc) is 2.33. The van der Waals surface area contributed by atoms with Gasteiger partial charge in [-0.05, 0) is 64.3 Å². The van der Waals surface area contributed by atoms with Crippen molar-refractivity contribution in [1.29, 1.82) is 0 Å². The van der Waals surface area contributed by atoms with Crippen molar-refractivity contribution in [3.8, 4) is 0 Å². The molecule has 7 heteroatoms. The Kier molecular flexibility index (Phi) is 10.6. The highest BCUT2D eigenvalue weighted by molar-refractivity contribution is 6.87. The third kappa shape index (κ3) is 12.0. The van der Waals surface area contributed by atoms with Gasteiger partial charge in [-0.25, -0.2) is 0 Å². The fourth-order valence-electron chi connectivity index (χ4n) is 2.92. The van der Waals surface area contributed by atoms with Gasteiger partial charge in [-0.2, -0.15) is 0 Å². The van der Waals surface area contributed by atoms with E-state index in [4.69, 9.17) is 14.0 Å². The average molecular weight is 365 g/mol. The monoisotopic (exact) mass is 364 g/mol. The molecule has 0 aromatic rings. The molecule has 0 unspecified atom stereocenters. The van der Waals surface area contributed by atoms with Crippen LogP contribution < -0.4 is 11.1 Å². The number of rotatable bonds is 13. The molecule has 0 heterocycles. The highest BCUT2D eigenvalue weighted by Crippen LogP contribution is 2.26. The van der Waals surface area contributed by atoms with E-state index in [9.17, 15) is 0 Å². The molecule has 0 saturated carbocycles. The van der Waals surface area contributed by atoms with Gasteiger partial charge in [0.25, 0.3) is 0 Å². The van der Waals surface area contributed by atoms with E-state index >= 15 is 0 Å². The standard InChI is InChI=1S/C15H40N2O2Si3/c1-8-9-14-20(2,3)18-22(6,7)19-21(4,5)15-10-12-17-13-11-16/h17H,8-16H2,1-7H3. The molecule has 0 aromatic carbocycles. The molecule has 3 N–H and O–H groups in total. The molecular formula is C15H40N2O2Si3. The van der Waals surface area contributed by atoms with E-state index < -0.39 is 25.2 Å². The van der Waals surface area contributed by atoms with Gasteiger partial charge in [0, 0.05) is 13.1 Å². The minimum atomic E-state index is -2.02. The lowest BCUT2D eigenvalue weighted by atomic mass is 10.4. The molecule has 0 fully saturated rings. The van der Waals surface area contributed by atoms with Crippen LogP contribution in [0.15, 0.2) is 0 Å². The summed E-state index contributed by atoms with van der Waals surface area (Å²) in [5.41, 5.74) is 5.49. The summed E-state index contributed by atoms with van der Waals surface area (Å²) in [4.78, 5) is 0. The van der Waals surface area contributed by atoms with Gasteiger partial charge in [0.2, 0.25) is 0 Å². The summed E-state index contributed by atoms with van der Waals surface area (Å²) in [6, 6.07) is 2.43. The molecule has 4 nitrogen and oxygen atoms in total. The van der Waals surface area contributed by atoms with Crippen LogP contribution in [-0.2, 0) is 8.23 Å². The first-order valence-corrected chi connectivity index (χ1v) is 17.9. The van der Waals surface area contributed by atoms with E-state index in [1.165, 1.54) is 31.4 Å². The molecule has 0 atom stereocenters. The van der Waals surface area contributed by atoms with E-state index in [2.05, 4.69) is 51.5 Å². The van der Waals surface area contributed by atoms with Crippen LogP contribution in [0, 0.1) is 0 Å². The first-order chi connectivity index (χ1) is 10.0. The second-order valence-corrected chi connectivity index (χ2v) is 20.3. The van der Waals surface area contributed by atoms with Crippen LogP contribution in [0.5, 0.6) is 0 Å². The Labute approximate surface area is 142 Å². The Morgan fingerprint density at radius 3 is 1.77 bits per heavy atom. The van der Waals surface area contributed by atoms with Crippen LogP contribution in [0.1, 0.15) is 26.2 Å². The largest absolute Gasteiger partial charge is 0.437 e. The van der Waals surface area contributed by atoms with E-state index in [0.29, 0.717) is 6.54 Å². The summed E-state index contributed by atoms with van der Waals surface area (Å²) in [6.45, 7) is 18.7. The summed E-state index contributed by atoms with van der Waals surface area (Å²) in [5, 5.41) is 3.36. The molecule has 0 saturated heterocycles. The first-order valence-electron chi connectivity index (χ1n) is 8.85. The number of nitrogens with two attached hydrogens (primary N) is 1. The summed E-state index contributed by atoms with van der Waals surface area (Å²) >= 11 is 0. The molecule has 0 amide bonds. The lowest BCUT2D eigenvalue weighted by Crippen LogP contribution is -2.52. The third-order valence-electron chi connectivity index (χ3n) is 3.63. The maximum absolute atomic E-state index is 6.59. The van der Waals surface area contributed by atoms with E-state index in [0.717, 1.165) is 13.1 Å². The van der Waals surface area contributed by atoms with Gasteiger partial charge in [0.1, 0.15) is 0 Å². The van der Waals surface area contributed by atoms with Gasteiger partial charge >= 0.3 is 8.56 Å². The molecule has 0 radical (unpaired) electrons. The second-order valence-electron chi connectivity index (χ2n) is 7.87. The lowest BCUT2D eigenvalue weighted by Gasteiger charge is -2.38. The number of nitrogens with one attached hydrogen (secondary N) is 1. The van der Waals surface area contributed by atoms with Crippen molar-refractivity contribution in [2.45, 2.75) is 77.6 Å². The minimum absolute atomic E-state index is 0.711. The topological polar surface area (TPSA) is 56.5 Å². The molecule has 0 bridgehead atoms. The van der Waals surface area contributed by atoms with Gasteiger partial charge in [-0.15, -0.1) is 0 Å². The zero-order valence-electron chi connectivity index (χ0n) is 16.1. The Hall–Kier alpha value is 0.491. The third-order valence-corrected chi connectivity index (χ3v) is 15.1. The smallest absolute Gasteiger partial charge is 0.311 e. The normalized spacial score (nSPS) is 13.6. The van der Waals surface area contributed by atoms with E-state index in [1.807, 2.05) is 0 Å². The lowest BCUT2D eigenvalue weighted by molar-refractivity contribution is 0.386. The highest BCUT2D eigenvalue weighted by Gasteiger charge is 2.39. The highest BCUT2D eigenvalue weighted by atomic mass is 28.5. The van der Waals surface area contributed by atoms with Crippen molar-refractivity contribution in [1.82, 2.24) is 5.32 Å². The fourth-order valence-corrected chi connectivity index (χ4v) is 17.2. The van der Waals surface area contributed by atoms with E-state index in [-0.39, 0.29) is 0 Å². The zero-order valence-corrected chi connectivity index (χ0v) is 19.1. The molecule has 0 aliphatic rings. The molecule has 0 rings (SSSR count). The predicted molar refractivity (Wildman–Crippen MR) is 106 cm³/mol. The van der Waals surface area contributed by atoms with Crippen molar-refractivity contribution < 1.29 is 8.23 Å². The van der Waals surface area contributed by atoms with Crippen LogP contribution in [0.3, 0.4) is 0 Å². The molecular weight excluding hydrogens is 324 g/mol. The van der Waals surface area contributed by atoms with Crippen molar-refractivity contribution >= 4 is 25.2 Å². The SMILES string of the molecule is CCCC[Si](C)(C)O[Si](C)(C)O[Si](C)(C)CCCNCCN. The minimum Gasteiger partial charge on any atom is -0.437 e. The number of unbranched alkanes of at least 4 members (excludes halogenated alkanes) is 1. The van der Waals surface area contributed by atoms with Crippen molar-refractivity contribution in [2.24, 2.45) is 5.73 Å². The van der Waals surface area contributed by atoms with Crippen molar-refractivity contribution in [3.63, 3.8) is 0 Å². The molecule has 0 aromatic heterocycles. The van der Waals surface area contributed by atoms with Crippen LogP contribution in [0.2, 0.25) is 51.4 Å². The van der Waals surface area contributed by atoms with Crippen molar-refractivity contribution in [2.75, 3.05) is 19.6 Å². The summed E-state index contributed by atoms with van der Waals surface area (Å²) in [6.07, 6.45) is 3.69. The zero-order chi connectivity index (χ0) is 17.3. The van der Waals surface area contributed by atoms with Gasteiger partial charge in [0.15, 0.2) is 16.6 Å². The summed E-state index contributed by atoms with van der Waals surface area (Å²) in [7, 11) is -5.23. The fraction of sp³-hybridized carbons (Fsp3) is 1.00. The quantitative estimate of drug-likeness (QED) is 0.385. The van der Waals surface area contributed by atoms with Crippen LogP contribution in [0.4, 0.5) is 0 Å². The number of hydrogen-bond donors (Lipinski definition) is 2. The number of hydrogen-bond acceptors (Lipinski definition) is 4. The predicted octanol–water partition coefficient (Wildman–Crippen LogP) is 3.87. The van der Waals surface area contributed by atoms with Gasteiger partial charge in [-0.3, -0.25) is 0 Å². The Balaban J connectivity index is 4.29. The summed E-state index contributed by atoms with van der Waals surface area (Å²) < 4.78 is 13.2. The second kappa shape index (κ2) is 10.4. The van der Waals surface area contributed by atoms with Gasteiger partial charge < -0.3 is 19.3 Å². The van der Waals surface area contributed by atoms with Crippen LogP contribution in [-0.4, -0.2) is 44.8 Å². The first kappa shape index (κ1) is 22.5. The Morgan fingerprint density at radius 1 is 0.818 bits per heavy atom. The maximum Gasteiger partial charge on any atom is 0.311 e. The summed E-state index contributed by atoms with van der Waals surface area (Å²) in [5.74, 6) is 0. The van der Waals surface area contributed by atoms with Crippen molar-refractivity contribution in [3.05, 3.63) is 0 Å². The van der Waals surface area contributed by atoms with Crippen LogP contribution in [0.25, 0.3) is 0 Å². The molecule has 0 aliphatic heterocycles. The van der Waals surface area contributed by atoms with Gasteiger partial charge in [0.05, 0.1) is 0 Å².